The van der Waals surface area contributed by atoms with E-state index in [2.05, 4.69) is 29.5 Å². The van der Waals surface area contributed by atoms with E-state index in [1.54, 1.807) is 0 Å². The van der Waals surface area contributed by atoms with Crippen molar-refractivity contribution in [1.82, 2.24) is 10.6 Å². The van der Waals surface area contributed by atoms with Crippen LogP contribution in [0.4, 0.5) is 0 Å². The highest BCUT2D eigenvalue weighted by Gasteiger charge is 2.23. The summed E-state index contributed by atoms with van der Waals surface area (Å²) in [5, 5.41) is 6.64. The molecule has 1 aliphatic carbocycles. The fourth-order valence-electron chi connectivity index (χ4n) is 2.77. The van der Waals surface area contributed by atoms with E-state index in [1.807, 2.05) is 6.92 Å². The Kier molecular flexibility index (Phi) is 7.49. The maximum Gasteiger partial charge on any atom is 0.191 e. The van der Waals surface area contributed by atoms with Crippen molar-refractivity contribution in [1.29, 1.82) is 0 Å². The Bertz CT molecular complexity index is 424. The lowest BCUT2D eigenvalue weighted by molar-refractivity contribution is 0.250. The molecule has 0 aromatic rings. The molecule has 0 bridgehead atoms. The Morgan fingerprint density at radius 3 is 2.33 bits per heavy atom. The summed E-state index contributed by atoms with van der Waals surface area (Å²) in [6.45, 7) is 7.72. The van der Waals surface area contributed by atoms with Crippen LogP contribution in [0.25, 0.3) is 0 Å². The summed E-state index contributed by atoms with van der Waals surface area (Å²) < 4.78 is 22.3. The van der Waals surface area contributed by atoms with Gasteiger partial charge in [0.15, 0.2) is 5.96 Å². The maximum absolute atomic E-state index is 11.2. The molecule has 0 amide bonds. The van der Waals surface area contributed by atoms with Gasteiger partial charge in [0.2, 0.25) is 0 Å². The lowest BCUT2D eigenvalue weighted by atomic mass is 9.80. The Labute approximate surface area is 129 Å². The Morgan fingerprint density at radius 2 is 1.86 bits per heavy atom. The molecule has 0 aliphatic heterocycles. The highest BCUT2D eigenvalue weighted by molar-refractivity contribution is 7.90. The van der Waals surface area contributed by atoms with Crippen LogP contribution in [-0.4, -0.2) is 45.5 Å². The number of aliphatic imine (C=N–C) groups is 1. The third-order valence-corrected chi connectivity index (χ3v) is 5.06. The Balaban J connectivity index is 2.46. The van der Waals surface area contributed by atoms with Gasteiger partial charge in [-0.2, -0.15) is 0 Å². The number of hydrogen-bond acceptors (Lipinski definition) is 3. The molecule has 0 aromatic heterocycles. The molecule has 0 radical (unpaired) electrons. The topological polar surface area (TPSA) is 70.6 Å². The first-order valence-corrected chi connectivity index (χ1v) is 10.1. The summed E-state index contributed by atoms with van der Waals surface area (Å²) in [6.07, 6.45) is 6.10. The van der Waals surface area contributed by atoms with Crippen molar-refractivity contribution in [3.63, 3.8) is 0 Å². The summed E-state index contributed by atoms with van der Waals surface area (Å²) in [5.74, 6) is 2.45. The van der Waals surface area contributed by atoms with Crippen molar-refractivity contribution in [2.24, 2.45) is 16.8 Å². The SMILES string of the molecule is CCNC(=NCCS(C)(=O)=O)NC1CCC(C(C)C)CC1. The van der Waals surface area contributed by atoms with Crippen LogP contribution in [0, 0.1) is 11.8 Å². The minimum absolute atomic E-state index is 0.101. The van der Waals surface area contributed by atoms with Gasteiger partial charge in [-0.3, -0.25) is 4.99 Å². The number of nitrogens with zero attached hydrogens (tertiary/aromatic N) is 1. The predicted molar refractivity (Wildman–Crippen MR) is 89.4 cm³/mol. The molecular formula is C15H31N3O2S. The van der Waals surface area contributed by atoms with Gasteiger partial charge in [-0.1, -0.05) is 13.8 Å². The fourth-order valence-corrected chi connectivity index (χ4v) is 3.19. The highest BCUT2D eigenvalue weighted by atomic mass is 32.2. The van der Waals surface area contributed by atoms with Crippen LogP contribution in [0.15, 0.2) is 4.99 Å². The quantitative estimate of drug-likeness (QED) is 0.579. The van der Waals surface area contributed by atoms with E-state index in [9.17, 15) is 8.42 Å². The molecule has 0 aromatic carbocycles. The summed E-state index contributed by atoms with van der Waals surface area (Å²) in [7, 11) is -2.95. The second kappa shape index (κ2) is 8.61. The second-order valence-electron chi connectivity index (χ2n) is 6.39. The minimum Gasteiger partial charge on any atom is -0.357 e. The number of rotatable bonds is 6. The molecule has 1 saturated carbocycles. The van der Waals surface area contributed by atoms with Crippen LogP contribution >= 0.6 is 0 Å². The van der Waals surface area contributed by atoms with Crippen LogP contribution in [0.3, 0.4) is 0 Å². The van der Waals surface area contributed by atoms with Gasteiger partial charge in [-0.15, -0.1) is 0 Å². The zero-order valence-electron chi connectivity index (χ0n) is 13.9. The minimum atomic E-state index is -2.95. The number of nitrogens with one attached hydrogen (secondary N) is 2. The van der Waals surface area contributed by atoms with Crippen LogP contribution in [0.1, 0.15) is 46.5 Å². The molecule has 2 N–H and O–H groups in total. The van der Waals surface area contributed by atoms with Crippen LogP contribution in [0.5, 0.6) is 0 Å². The van der Waals surface area contributed by atoms with Crippen molar-refractivity contribution < 1.29 is 8.42 Å². The third kappa shape index (κ3) is 7.69. The van der Waals surface area contributed by atoms with Crippen molar-refractivity contribution in [2.75, 3.05) is 25.1 Å². The van der Waals surface area contributed by atoms with E-state index < -0.39 is 9.84 Å². The molecule has 0 atom stereocenters. The van der Waals surface area contributed by atoms with Crippen molar-refractivity contribution in [3.05, 3.63) is 0 Å². The van der Waals surface area contributed by atoms with Crippen LogP contribution < -0.4 is 10.6 Å². The number of guanidine groups is 1. The third-order valence-electron chi connectivity index (χ3n) is 4.13. The zero-order chi connectivity index (χ0) is 15.9. The summed E-state index contributed by atoms with van der Waals surface area (Å²) >= 11 is 0. The molecular weight excluding hydrogens is 286 g/mol. The molecule has 0 unspecified atom stereocenters. The first kappa shape index (κ1) is 18.3. The van der Waals surface area contributed by atoms with Gasteiger partial charge in [-0.05, 0) is 44.4 Å². The number of hydrogen-bond donors (Lipinski definition) is 2. The molecule has 5 nitrogen and oxygen atoms in total. The molecule has 1 fully saturated rings. The largest absolute Gasteiger partial charge is 0.357 e. The van der Waals surface area contributed by atoms with Gasteiger partial charge in [0.25, 0.3) is 0 Å². The molecule has 1 rings (SSSR count). The number of sulfone groups is 1. The van der Waals surface area contributed by atoms with Gasteiger partial charge in [0.1, 0.15) is 9.84 Å². The highest BCUT2D eigenvalue weighted by Crippen LogP contribution is 2.29. The van der Waals surface area contributed by atoms with Crippen LogP contribution in [-0.2, 0) is 9.84 Å². The van der Waals surface area contributed by atoms with Crippen LogP contribution in [0.2, 0.25) is 0 Å². The van der Waals surface area contributed by atoms with Crippen molar-refractivity contribution in [2.45, 2.75) is 52.5 Å². The lowest BCUT2D eigenvalue weighted by Gasteiger charge is -2.32. The van der Waals surface area contributed by atoms with Gasteiger partial charge >= 0.3 is 0 Å². The molecule has 21 heavy (non-hydrogen) atoms. The van der Waals surface area contributed by atoms with Gasteiger partial charge in [-0.25, -0.2) is 8.42 Å². The zero-order valence-corrected chi connectivity index (χ0v) is 14.7. The fraction of sp³-hybridized carbons (Fsp3) is 0.933. The maximum atomic E-state index is 11.2. The summed E-state index contributed by atoms with van der Waals surface area (Å²) in [5.41, 5.74) is 0. The molecule has 1 aliphatic rings. The van der Waals surface area contributed by atoms with E-state index in [1.165, 1.54) is 31.9 Å². The van der Waals surface area contributed by atoms with Crippen molar-refractivity contribution >= 4 is 15.8 Å². The van der Waals surface area contributed by atoms with Gasteiger partial charge in [0, 0.05) is 18.8 Å². The molecule has 124 valence electrons. The molecule has 0 spiro atoms. The van der Waals surface area contributed by atoms with E-state index in [0.717, 1.165) is 24.3 Å². The molecule has 0 saturated heterocycles. The van der Waals surface area contributed by atoms with Gasteiger partial charge in [0.05, 0.1) is 12.3 Å². The molecule has 0 heterocycles. The molecule has 6 heteroatoms. The predicted octanol–water partition coefficient (Wildman–Crippen LogP) is 1.80. The average Bonchev–Trinajstić information content (AvgIpc) is 2.38. The lowest BCUT2D eigenvalue weighted by Crippen LogP contribution is -2.45. The first-order chi connectivity index (χ1) is 9.81. The van der Waals surface area contributed by atoms with E-state index in [0.29, 0.717) is 12.6 Å². The Hall–Kier alpha value is -0.780. The van der Waals surface area contributed by atoms with E-state index in [-0.39, 0.29) is 5.75 Å². The second-order valence-corrected chi connectivity index (χ2v) is 8.65. The summed E-state index contributed by atoms with van der Waals surface area (Å²) in [4.78, 5) is 4.36. The average molecular weight is 317 g/mol. The van der Waals surface area contributed by atoms with Crippen molar-refractivity contribution in [3.8, 4) is 0 Å². The Morgan fingerprint density at radius 1 is 1.24 bits per heavy atom. The monoisotopic (exact) mass is 317 g/mol. The van der Waals surface area contributed by atoms with E-state index in [4.69, 9.17) is 0 Å². The summed E-state index contributed by atoms with van der Waals surface area (Å²) in [6, 6.07) is 0.455. The first-order valence-electron chi connectivity index (χ1n) is 8.04. The standard InChI is InChI=1S/C15H31N3O2S/c1-5-16-15(17-10-11-21(4,19)20)18-14-8-6-13(7-9-14)12(2)3/h12-14H,5-11H2,1-4H3,(H2,16,17,18). The van der Waals surface area contributed by atoms with Gasteiger partial charge < -0.3 is 10.6 Å². The van der Waals surface area contributed by atoms with E-state index >= 15 is 0 Å². The normalized spacial score (nSPS) is 24.1. The smallest absolute Gasteiger partial charge is 0.191 e.